The SMILES string of the molecule is CCC(CC)/C(=C/C(C)=N)c1nc(-c2sc(-c3cnccn3)cc2Cl)c(C)[nH]1. The first kappa shape index (κ1) is 20.4. The molecule has 146 valence electrons. The normalized spacial score (nSPS) is 12.0. The summed E-state index contributed by atoms with van der Waals surface area (Å²) >= 11 is 8.11. The Morgan fingerprint density at radius 3 is 2.68 bits per heavy atom. The monoisotopic (exact) mass is 413 g/mol. The molecule has 0 aliphatic heterocycles. The summed E-state index contributed by atoms with van der Waals surface area (Å²) in [6.07, 6.45) is 8.98. The van der Waals surface area contributed by atoms with Crippen LogP contribution < -0.4 is 0 Å². The van der Waals surface area contributed by atoms with Gasteiger partial charge < -0.3 is 10.4 Å². The number of nitrogens with one attached hydrogen (secondary N) is 2. The van der Waals surface area contributed by atoms with Crippen LogP contribution in [0.15, 0.2) is 30.7 Å². The molecule has 0 amide bonds. The minimum atomic E-state index is 0.354. The Morgan fingerprint density at radius 1 is 1.32 bits per heavy atom. The zero-order valence-electron chi connectivity index (χ0n) is 16.5. The van der Waals surface area contributed by atoms with Crippen LogP contribution in [-0.4, -0.2) is 25.6 Å². The number of aryl methyl sites for hydroxylation is 1. The van der Waals surface area contributed by atoms with Gasteiger partial charge in [0, 0.05) is 23.8 Å². The van der Waals surface area contributed by atoms with Crippen molar-refractivity contribution in [2.45, 2.75) is 40.5 Å². The average molecular weight is 414 g/mol. The van der Waals surface area contributed by atoms with Gasteiger partial charge in [-0.1, -0.05) is 25.4 Å². The van der Waals surface area contributed by atoms with Gasteiger partial charge in [0.25, 0.3) is 0 Å². The predicted octanol–water partition coefficient (Wildman–Crippen LogP) is 6.42. The van der Waals surface area contributed by atoms with Gasteiger partial charge in [0.05, 0.1) is 26.7 Å². The minimum absolute atomic E-state index is 0.354. The summed E-state index contributed by atoms with van der Waals surface area (Å²) in [6.45, 7) is 8.14. The molecule has 7 heteroatoms. The molecule has 3 aromatic heterocycles. The molecular formula is C21H24ClN5S. The van der Waals surface area contributed by atoms with Gasteiger partial charge in [-0.3, -0.25) is 9.97 Å². The molecule has 3 rings (SSSR count). The van der Waals surface area contributed by atoms with Gasteiger partial charge >= 0.3 is 0 Å². The number of halogens is 1. The third-order valence-corrected chi connectivity index (χ3v) is 6.25. The van der Waals surface area contributed by atoms with E-state index in [1.807, 2.05) is 19.1 Å². The van der Waals surface area contributed by atoms with Crippen molar-refractivity contribution in [3.05, 3.63) is 47.3 Å². The summed E-state index contributed by atoms with van der Waals surface area (Å²) in [6, 6.07) is 1.92. The van der Waals surface area contributed by atoms with Crippen LogP contribution in [0.5, 0.6) is 0 Å². The first-order chi connectivity index (χ1) is 13.4. The number of thiophene rings is 1. The first-order valence-corrected chi connectivity index (χ1v) is 10.5. The molecule has 0 saturated carbocycles. The molecule has 3 heterocycles. The summed E-state index contributed by atoms with van der Waals surface area (Å²) in [4.78, 5) is 18.7. The lowest BCUT2D eigenvalue weighted by Crippen LogP contribution is -2.04. The molecule has 0 aromatic carbocycles. The van der Waals surface area contributed by atoms with E-state index in [0.717, 1.165) is 51.1 Å². The first-order valence-electron chi connectivity index (χ1n) is 9.34. The Bertz CT molecular complexity index is 999. The predicted molar refractivity (Wildman–Crippen MR) is 118 cm³/mol. The highest BCUT2D eigenvalue weighted by atomic mass is 35.5. The number of hydrogen-bond acceptors (Lipinski definition) is 5. The maximum absolute atomic E-state index is 7.92. The highest BCUT2D eigenvalue weighted by molar-refractivity contribution is 7.19. The maximum Gasteiger partial charge on any atom is 0.134 e. The average Bonchev–Trinajstić information content (AvgIpc) is 3.25. The Morgan fingerprint density at radius 2 is 2.07 bits per heavy atom. The van der Waals surface area contributed by atoms with Crippen LogP contribution in [0.1, 0.15) is 45.1 Å². The highest BCUT2D eigenvalue weighted by Crippen LogP contribution is 2.41. The molecule has 2 N–H and O–H groups in total. The lowest BCUT2D eigenvalue weighted by molar-refractivity contribution is 0.620. The number of hydrogen-bond donors (Lipinski definition) is 2. The zero-order chi connectivity index (χ0) is 20.3. The molecule has 0 bridgehead atoms. The van der Waals surface area contributed by atoms with Crippen molar-refractivity contribution in [2.24, 2.45) is 5.92 Å². The Hall–Kier alpha value is -2.31. The second-order valence-corrected chi connectivity index (χ2v) is 8.19. The third kappa shape index (κ3) is 4.23. The van der Waals surface area contributed by atoms with E-state index in [0.29, 0.717) is 16.7 Å². The molecule has 0 unspecified atom stereocenters. The molecule has 0 saturated heterocycles. The largest absolute Gasteiger partial charge is 0.342 e. The fourth-order valence-corrected chi connectivity index (χ4v) is 4.68. The van der Waals surface area contributed by atoms with E-state index in [1.165, 1.54) is 0 Å². The summed E-state index contributed by atoms with van der Waals surface area (Å²) in [5.74, 6) is 1.17. The number of allylic oxidation sites excluding steroid dienone is 2. The van der Waals surface area contributed by atoms with Gasteiger partial charge in [-0.25, -0.2) is 4.98 Å². The van der Waals surface area contributed by atoms with Crippen molar-refractivity contribution in [3.8, 4) is 21.1 Å². The van der Waals surface area contributed by atoms with Gasteiger partial charge in [-0.05, 0) is 50.3 Å². The van der Waals surface area contributed by atoms with E-state index in [2.05, 4.69) is 28.8 Å². The summed E-state index contributed by atoms with van der Waals surface area (Å²) < 4.78 is 0. The maximum atomic E-state index is 7.92. The van der Waals surface area contributed by atoms with Gasteiger partial charge in [0.2, 0.25) is 0 Å². The smallest absolute Gasteiger partial charge is 0.134 e. The van der Waals surface area contributed by atoms with Crippen LogP contribution >= 0.6 is 22.9 Å². The van der Waals surface area contributed by atoms with Gasteiger partial charge in [-0.2, -0.15) is 0 Å². The third-order valence-electron chi connectivity index (χ3n) is 4.67. The Labute approximate surface area is 174 Å². The Kier molecular flexibility index (Phi) is 6.42. The van der Waals surface area contributed by atoms with Crippen molar-refractivity contribution in [1.82, 2.24) is 19.9 Å². The van der Waals surface area contributed by atoms with Crippen molar-refractivity contribution in [1.29, 1.82) is 5.41 Å². The number of rotatable bonds is 7. The Balaban J connectivity index is 2.05. The number of aromatic amines is 1. The highest BCUT2D eigenvalue weighted by Gasteiger charge is 2.21. The fourth-order valence-electron chi connectivity index (χ4n) is 3.24. The lowest BCUT2D eigenvalue weighted by Gasteiger charge is -2.15. The fraction of sp³-hybridized carbons (Fsp3) is 0.333. The lowest BCUT2D eigenvalue weighted by atomic mass is 9.92. The van der Waals surface area contributed by atoms with Crippen molar-refractivity contribution < 1.29 is 0 Å². The number of nitrogens with zero attached hydrogens (tertiary/aromatic N) is 3. The number of H-pyrrole nitrogens is 1. The van der Waals surface area contributed by atoms with Crippen molar-refractivity contribution in [2.75, 3.05) is 0 Å². The summed E-state index contributed by atoms with van der Waals surface area (Å²) in [5.41, 5.74) is 4.21. The zero-order valence-corrected chi connectivity index (χ0v) is 18.1. The van der Waals surface area contributed by atoms with Crippen molar-refractivity contribution >= 4 is 34.2 Å². The van der Waals surface area contributed by atoms with E-state index < -0.39 is 0 Å². The second-order valence-electron chi connectivity index (χ2n) is 6.73. The summed E-state index contributed by atoms with van der Waals surface area (Å²) in [5, 5.41) is 8.58. The molecule has 0 aliphatic carbocycles. The van der Waals surface area contributed by atoms with Crippen LogP contribution in [0, 0.1) is 18.3 Å². The molecular weight excluding hydrogens is 390 g/mol. The molecule has 3 aromatic rings. The van der Waals surface area contributed by atoms with Gasteiger partial charge in [-0.15, -0.1) is 11.3 Å². The molecule has 28 heavy (non-hydrogen) atoms. The van der Waals surface area contributed by atoms with Crippen LogP contribution in [0.25, 0.3) is 26.7 Å². The van der Waals surface area contributed by atoms with E-state index in [-0.39, 0.29) is 0 Å². The topological polar surface area (TPSA) is 78.3 Å². The number of aromatic nitrogens is 4. The van der Waals surface area contributed by atoms with E-state index in [1.54, 1.807) is 36.9 Å². The van der Waals surface area contributed by atoms with Crippen LogP contribution in [-0.2, 0) is 0 Å². The van der Waals surface area contributed by atoms with Crippen LogP contribution in [0.4, 0.5) is 0 Å². The molecule has 0 aliphatic rings. The molecule has 0 fully saturated rings. The van der Waals surface area contributed by atoms with E-state index in [4.69, 9.17) is 22.0 Å². The standard InChI is InChI=1S/C21H24ClN5S/c1-5-14(6-2)15(9-12(3)23)21-26-13(4)19(27-21)20-16(22)10-18(28-20)17-11-24-7-8-25-17/h7-11,14,23H,5-6H2,1-4H3,(H,26,27)/b15-9-,23-12?. The summed E-state index contributed by atoms with van der Waals surface area (Å²) in [7, 11) is 0. The van der Waals surface area contributed by atoms with Crippen LogP contribution in [0.2, 0.25) is 5.02 Å². The van der Waals surface area contributed by atoms with Gasteiger partial charge in [0.1, 0.15) is 11.5 Å². The van der Waals surface area contributed by atoms with E-state index in [9.17, 15) is 0 Å². The minimum Gasteiger partial charge on any atom is -0.342 e. The number of imidazole rings is 1. The van der Waals surface area contributed by atoms with Crippen molar-refractivity contribution in [3.63, 3.8) is 0 Å². The van der Waals surface area contributed by atoms with Gasteiger partial charge in [0.15, 0.2) is 0 Å². The molecule has 5 nitrogen and oxygen atoms in total. The molecule has 0 radical (unpaired) electrons. The van der Waals surface area contributed by atoms with Crippen LogP contribution in [0.3, 0.4) is 0 Å². The molecule has 0 spiro atoms. The molecule has 0 atom stereocenters. The quantitative estimate of drug-likeness (QED) is 0.439. The van der Waals surface area contributed by atoms with E-state index >= 15 is 0 Å². The second kappa shape index (κ2) is 8.80.